The van der Waals surface area contributed by atoms with Crippen LogP contribution in [0.1, 0.15) is 39.0 Å². The SMILES string of the molecule is CC1(CI)CCC(C2CCC2)O1. The van der Waals surface area contributed by atoms with Gasteiger partial charge in [0.05, 0.1) is 11.7 Å². The highest BCUT2D eigenvalue weighted by molar-refractivity contribution is 14.1. The van der Waals surface area contributed by atoms with Crippen molar-refractivity contribution in [3.63, 3.8) is 0 Å². The molecule has 0 radical (unpaired) electrons. The van der Waals surface area contributed by atoms with E-state index in [2.05, 4.69) is 29.5 Å². The lowest BCUT2D eigenvalue weighted by atomic mass is 9.80. The fraction of sp³-hybridized carbons (Fsp3) is 1.00. The van der Waals surface area contributed by atoms with Crippen molar-refractivity contribution < 1.29 is 4.74 Å². The normalized spacial score (nSPS) is 43.0. The zero-order valence-electron chi connectivity index (χ0n) is 7.68. The van der Waals surface area contributed by atoms with Gasteiger partial charge in [0, 0.05) is 4.43 Å². The van der Waals surface area contributed by atoms with E-state index in [1.54, 1.807) is 0 Å². The lowest BCUT2D eigenvalue weighted by Crippen LogP contribution is -2.32. The molecule has 0 aromatic heterocycles. The fourth-order valence-electron chi connectivity index (χ4n) is 2.17. The molecule has 2 heteroatoms. The molecule has 0 amide bonds. The molecule has 1 saturated heterocycles. The smallest absolute Gasteiger partial charge is 0.0748 e. The number of alkyl halides is 1. The van der Waals surface area contributed by atoms with Crippen molar-refractivity contribution in [2.24, 2.45) is 5.92 Å². The molecule has 0 N–H and O–H groups in total. The van der Waals surface area contributed by atoms with Crippen LogP contribution in [0.3, 0.4) is 0 Å². The van der Waals surface area contributed by atoms with Gasteiger partial charge in [-0.25, -0.2) is 0 Å². The summed E-state index contributed by atoms with van der Waals surface area (Å²) in [7, 11) is 0. The van der Waals surface area contributed by atoms with E-state index >= 15 is 0 Å². The van der Waals surface area contributed by atoms with E-state index in [9.17, 15) is 0 Å². The minimum absolute atomic E-state index is 0.209. The monoisotopic (exact) mass is 280 g/mol. The molecule has 0 aromatic rings. The van der Waals surface area contributed by atoms with Crippen molar-refractivity contribution in [2.75, 3.05) is 4.43 Å². The summed E-state index contributed by atoms with van der Waals surface area (Å²) < 4.78 is 7.24. The Kier molecular flexibility index (Phi) is 2.66. The number of ether oxygens (including phenoxy) is 1. The van der Waals surface area contributed by atoms with Gasteiger partial charge in [0.1, 0.15) is 0 Å². The summed E-state index contributed by atoms with van der Waals surface area (Å²) in [4.78, 5) is 0. The van der Waals surface area contributed by atoms with Gasteiger partial charge in [-0.2, -0.15) is 0 Å². The van der Waals surface area contributed by atoms with Gasteiger partial charge in [-0.1, -0.05) is 29.0 Å². The van der Waals surface area contributed by atoms with E-state index in [0.717, 1.165) is 10.3 Å². The second-order valence-electron chi connectivity index (χ2n) is 4.47. The third kappa shape index (κ3) is 1.65. The zero-order chi connectivity index (χ0) is 8.60. The van der Waals surface area contributed by atoms with Crippen molar-refractivity contribution >= 4 is 22.6 Å². The molecule has 1 nitrogen and oxygen atoms in total. The van der Waals surface area contributed by atoms with Crippen LogP contribution in [-0.2, 0) is 4.74 Å². The summed E-state index contributed by atoms with van der Waals surface area (Å²) in [6.45, 7) is 2.26. The Morgan fingerprint density at radius 3 is 2.58 bits per heavy atom. The van der Waals surface area contributed by atoms with Crippen LogP contribution in [-0.4, -0.2) is 16.1 Å². The average molecular weight is 280 g/mol. The van der Waals surface area contributed by atoms with Gasteiger partial charge in [-0.15, -0.1) is 0 Å². The predicted octanol–water partition coefficient (Wildman–Crippen LogP) is 3.16. The minimum Gasteiger partial charge on any atom is -0.371 e. The number of hydrogen-bond donors (Lipinski definition) is 0. The molecule has 2 aliphatic rings. The summed E-state index contributed by atoms with van der Waals surface area (Å²) in [6, 6.07) is 0. The van der Waals surface area contributed by atoms with E-state index in [4.69, 9.17) is 4.74 Å². The Bertz CT molecular complexity index is 167. The van der Waals surface area contributed by atoms with Crippen molar-refractivity contribution in [1.29, 1.82) is 0 Å². The molecule has 1 heterocycles. The summed E-state index contributed by atoms with van der Waals surface area (Å²) >= 11 is 2.44. The van der Waals surface area contributed by atoms with Gasteiger partial charge >= 0.3 is 0 Å². The lowest BCUT2D eigenvalue weighted by molar-refractivity contribution is -0.0522. The van der Waals surface area contributed by atoms with Gasteiger partial charge in [0.25, 0.3) is 0 Å². The van der Waals surface area contributed by atoms with Gasteiger partial charge in [0.15, 0.2) is 0 Å². The largest absolute Gasteiger partial charge is 0.371 e. The molecular weight excluding hydrogens is 263 g/mol. The first kappa shape index (κ1) is 9.25. The summed E-state index contributed by atoms with van der Waals surface area (Å²) in [6.07, 6.45) is 7.47. The lowest BCUT2D eigenvalue weighted by Gasteiger charge is -2.32. The Hall–Kier alpha value is 0.690. The average Bonchev–Trinajstić information content (AvgIpc) is 2.31. The Morgan fingerprint density at radius 1 is 1.42 bits per heavy atom. The maximum Gasteiger partial charge on any atom is 0.0748 e. The van der Waals surface area contributed by atoms with Crippen LogP contribution in [0, 0.1) is 5.92 Å². The molecule has 12 heavy (non-hydrogen) atoms. The van der Waals surface area contributed by atoms with Crippen molar-refractivity contribution in [3.05, 3.63) is 0 Å². The molecular formula is C10H17IO. The van der Waals surface area contributed by atoms with Crippen molar-refractivity contribution in [1.82, 2.24) is 0 Å². The second kappa shape index (κ2) is 3.45. The first-order valence-electron chi connectivity index (χ1n) is 4.97. The molecule has 70 valence electrons. The highest BCUT2D eigenvalue weighted by Gasteiger charge is 2.40. The molecule has 0 spiro atoms. The van der Waals surface area contributed by atoms with Crippen LogP contribution in [0.15, 0.2) is 0 Å². The predicted molar refractivity (Wildman–Crippen MR) is 58.7 cm³/mol. The maximum absolute atomic E-state index is 6.09. The minimum atomic E-state index is 0.209. The second-order valence-corrected chi connectivity index (χ2v) is 5.23. The molecule has 0 aromatic carbocycles. The molecule has 1 saturated carbocycles. The first-order chi connectivity index (χ1) is 5.73. The Labute approximate surface area is 88.4 Å². The van der Waals surface area contributed by atoms with Gasteiger partial charge in [-0.05, 0) is 38.5 Å². The molecule has 1 aliphatic heterocycles. The molecule has 2 rings (SSSR count). The van der Waals surface area contributed by atoms with Crippen LogP contribution in [0.2, 0.25) is 0 Å². The highest BCUT2D eigenvalue weighted by Crippen LogP contribution is 2.41. The van der Waals surface area contributed by atoms with Crippen LogP contribution in [0.5, 0.6) is 0 Å². The van der Waals surface area contributed by atoms with Crippen LogP contribution < -0.4 is 0 Å². The quantitative estimate of drug-likeness (QED) is 0.557. The standard InChI is InChI=1S/C10H17IO/c1-10(7-11)6-5-9(12-10)8-3-2-4-8/h8-9H,2-7H2,1H3. The van der Waals surface area contributed by atoms with E-state index in [1.807, 2.05) is 0 Å². The van der Waals surface area contributed by atoms with Crippen molar-refractivity contribution in [3.8, 4) is 0 Å². The molecule has 1 aliphatic carbocycles. The zero-order valence-corrected chi connectivity index (χ0v) is 9.84. The van der Waals surface area contributed by atoms with Crippen LogP contribution >= 0.6 is 22.6 Å². The Morgan fingerprint density at radius 2 is 2.17 bits per heavy atom. The van der Waals surface area contributed by atoms with Crippen LogP contribution in [0.25, 0.3) is 0 Å². The Balaban J connectivity index is 1.88. The number of halogens is 1. The van der Waals surface area contributed by atoms with Crippen LogP contribution in [0.4, 0.5) is 0 Å². The van der Waals surface area contributed by atoms with E-state index in [0.29, 0.717) is 6.10 Å². The highest BCUT2D eigenvalue weighted by atomic mass is 127. The third-order valence-electron chi connectivity index (χ3n) is 3.35. The molecule has 2 atom stereocenters. The van der Waals surface area contributed by atoms with E-state index < -0.39 is 0 Å². The summed E-state index contributed by atoms with van der Waals surface area (Å²) in [5.74, 6) is 0.912. The third-order valence-corrected chi connectivity index (χ3v) is 4.97. The first-order valence-corrected chi connectivity index (χ1v) is 6.50. The van der Waals surface area contributed by atoms with E-state index in [1.165, 1.54) is 32.1 Å². The molecule has 2 unspecified atom stereocenters. The van der Waals surface area contributed by atoms with Gasteiger partial charge in [0.2, 0.25) is 0 Å². The number of rotatable bonds is 2. The fourth-order valence-corrected chi connectivity index (χ4v) is 2.73. The van der Waals surface area contributed by atoms with E-state index in [-0.39, 0.29) is 5.60 Å². The maximum atomic E-state index is 6.09. The topological polar surface area (TPSA) is 9.23 Å². The number of hydrogen-bond acceptors (Lipinski definition) is 1. The van der Waals surface area contributed by atoms with Gasteiger partial charge < -0.3 is 4.74 Å². The van der Waals surface area contributed by atoms with Gasteiger partial charge in [-0.3, -0.25) is 0 Å². The molecule has 2 fully saturated rings. The summed E-state index contributed by atoms with van der Waals surface area (Å²) in [5, 5.41) is 0. The summed E-state index contributed by atoms with van der Waals surface area (Å²) in [5.41, 5.74) is 0.209. The molecule has 0 bridgehead atoms. The van der Waals surface area contributed by atoms with Crippen molar-refractivity contribution in [2.45, 2.75) is 50.7 Å².